The molecular weight excluding hydrogens is 322 g/mol. The number of aromatic nitrogens is 1. The normalized spacial score (nSPS) is 17.6. The number of aryl methyl sites for hydroxylation is 2. The fourth-order valence-corrected chi connectivity index (χ4v) is 4.51. The van der Waals surface area contributed by atoms with Gasteiger partial charge in [-0.3, -0.25) is 4.79 Å². The standard InChI is InChI=1S/C14H23N3O3S2/c1-10-13(21-11(2)16-10)4-7-15-14(18)12-5-8-17(9-6-12)22(3,19)20/h12H,4-9H2,1-3H3,(H,15,18). The predicted octanol–water partition coefficient (Wildman–Crippen LogP) is 1.09. The highest BCUT2D eigenvalue weighted by Crippen LogP contribution is 2.20. The Morgan fingerprint density at radius 3 is 2.50 bits per heavy atom. The van der Waals surface area contributed by atoms with Crippen molar-refractivity contribution < 1.29 is 13.2 Å². The van der Waals surface area contributed by atoms with Crippen LogP contribution in [0.3, 0.4) is 0 Å². The molecule has 1 amide bonds. The maximum absolute atomic E-state index is 12.1. The minimum absolute atomic E-state index is 0.0343. The average molecular weight is 345 g/mol. The first kappa shape index (κ1) is 17.4. The molecule has 1 aromatic rings. The molecule has 0 aromatic carbocycles. The fraction of sp³-hybridized carbons (Fsp3) is 0.714. The van der Waals surface area contributed by atoms with Gasteiger partial charge in [0.25, 0.3) is 0 Å². The van der Waals surface area contributed by atoms with E-state index >= 15 is 0 Å². The van der Waals surface area contributed by atoms with Crippen molar-refractivity contribution >= 4 is 27.3 Å². The largest absolute Gasteiger partial charge is 0.355 e. The molecule has 0 radical (unpaired) electrons. The van der Waals surface area contributed by atoms with Crippen LogP contribution in [0, 0.1) is 19.8 Å². The van der Waals surface area contributed by atoms with Crippen molar-refractivity contribution in [3.63, 3.8) is 0 Å². The number of carbonyl (C=O) groups is 1. The molecule has 1 N–H and O–H groups in total. The van der Waals surface area contributed by atoms with E-state index in [0.29, 0.717) is 32.5 Å². The van der Waals surface area contributed by atoms with E-state index in [9.17, 15) is 13.2 Å². The van der Waals surface area contributed by atoms with Gasteiger partial charge in [0.15, 0.2) is 0 Å². The van der Waals surface area contributed by atoms with Gasteiger partial charge in [-0.25, -0.2) is 17.7 Å². The monoisotopic (exact) mass is 345 g/mol. The van der Waals surface area contributed by atoms with E-state index in [1.54, 1.807) is 11.3 Å². The summed E-state index contributed by atoms with van der Waals surface area (Å²) in [5.74, 6) is -0.0469. The third kappa shape index (κ3) is 4.50. The Bertz CT molecular complexity index is 632. The van der Waals surface area contributed by atoms with E-state index in [1.165, 1.54) is 15.4 Å². The van der Waals surface area contributed by atoms with Crippen molar-refractivity contribution in [3.05, 3.63) is 15.6 Å². The Kier molecular flexibility index (Phi) is 5.57. The minimum atomic E-state index is -3.13. The molecule has 0 unspecified atom stereocenters. The number of nitrogens with one attached hydrogen (secondary N) is 1. The lowest BCUT2D eigenvalue weighted by molar-refractivity contribution is -0.126. The van der Waals surface area contributed by atoms with E-state index in [1.807, 2.05) is 13.8 Å². The van der Waals surface area contributed by atoms with E-state index in [2.05, 4.69) is 10.3 Å². The average Bonchev–Trinajstić information content (AvgIpc) is 2.76. The summed E-state index contributed by atoms with van der Waals surface area (Å²) >= 11 is 1.67. The summed E-state index contributed by atoms with van der Waals surface area (Å²) in [4.78, 5) is 17.7. The Labute approximate surface area is 136 Å². The van der Waals surface area contributed by atoms with E-state index in [4.69, 9.17) is 0 Å². The number of hydrogen-bond acceptors (Lipinski definition) is 5. The topological polar surface area (TPSA) is 79.4 Å². The molecule has 1 aromatic heterocycles. The van der Waals surface area contributed by atoms with Gasteiger partial charge in [-0.05, 0) is 26.7 Å². The van der Waals surface area contributed by atoms with Gasteiger partial charge in [0.2, 0.25) is 15.9 Å². The molecule has 1 saturated heterocycles. The summed E-state index contributed by atoms with van der Waals surface area (Å²) in [6, 6.07) is 0. The molecule has 0 saturated carbocycles. The second kappa shape index (κ2) is 7.06. The smallest absolute Gasteiger partial charge is 0.223 e. The minimum Gasteiger partial charge on any atom is -0.355 e. The third-order valence-electron chi connectivity index (χ3n) is 3.94. The molecule has 124 valence electrons. The van der Waals surface area contributed by atoms with Crippen LogP contribution in [0.1, 0.15) is 28.4 Å². The van der Waals surface area contributed by atoms with E-state index < -0.39 is 10.0 Å². The van der Waals surface area contributed by atoms with Gasteiger partial charge in [0.05, 0.1) is 17.0 Å². The van der Waals surface area contributed by atoms with E-state index in [-0.39, 0.29) is 11.8 Å². The first-order chi connectivity index (χ1) is 10.3. The molecule has 1 aliphatic heterocycles. The summed E-state index contributed by atoms with van der Waals surface area (Å²) < 4.78 is 24.3. The first-order valence-electron chi connectivity index (χ1n) is 7.43. The quantitative estimate of drug-likeness (QED) is 0.866. The number of carbonyl (C=O) groups excluding carboxylic acids is 1. The molecule has 1 aliphatic rings. The van der Waals surface area contributed by atoms with Crippen LogP contribution in [-0.4, -0.2) is 49.5 Å². The van der Waals surface area contributed by atoms with E-state index in [0.717, 1.165) is 17.1 Å². The number of piperidine rings is 1. The molecule has 0 aliphatic carbocycles. The van der Waals surface area contributed by atoms with Crippen molar-refractivity contribution in [3.8, 4) is 0 Å². The zero-order valence-corrected chi connectivity index (χ0v) is 14.9. The molecule has 2 rings (SSSR count). The maximum Gasteiger partial charge on any atom is 0.223 e. The van der Waals surface area contributed by atoms with Gasteiger partial charge >= 0.3 is 0 Å². The van der Waals surface area contributed by atoms with Crippen LogP contribution < -0.4 is 5.32 Å². The summed E-state index contributed by atoms with van der Waals surface area (Å²) in [5, 5.41) is 4.01. The summed E-state index contributed by atoms with van der Waals surface area (Å²) in [7, 11) is -3.13. The summed E-state index contributed by atoms with van der Waals surface area (Å²) in [6.07, 6.45) is 3.20. The van der Waals surface area contributed by atoms with Crippen molar-refractivity contribution in [1.29, 1.82) is 0 Å². The predicted molar refractivity (Wildman–Crippen MR) is 87.4 cm³/mol. The zero-order chi connectivity index (χ0) is 16.3. The maximum atomic E-state index is 12.1. The van der Waals surface area contributed by atoms with Gasteiger partial charge < -0.3 is 5.32 Å². The van der Waals surface area contributed by atoms with Crippen molar-refractivity contribution in [2.75, 3.05) is 25.9 Å². The Hall–Kier alpha value is -0.990. The zero-order valence-electron chi connectivity index (χ0n) is 13.3. The SMILES string of the molecule is Cc1nc(C)c(CCNC(=O)C2CCN(S(C)(=O)=O)CC2)s1. The van der Waals surface area contributed by atoms with Crippen LogP contribution in [-0.2, 0) is 21.2 Å². The van der Waals surface area contributed by atoms with Crippen LogP contribution in [0.2, 0.25) is 0 Å². The molecule has 0 bridgehead atoms. The number of rotatable bonds is 5. The first-order valence-corrected chi connectivity index (χ1v) is 10.1. The van der Waals surface area contributed by atoms with Gasteiger partial charge in [0, 0.05) is 36.9 Å². The second-order valence-corrected chi connectivity index (χ2v) is 8.99. The molecule has 0 atom stereocenters. The van der Waals surface area contributed by atoms with Gasteiger partial charge in [0.1, 0.15) is 0 Å². The number of hydrogen-bond donors (Lipinski definition) is 1. The number of amides is 1. The third-order valence-corrected chi connectivity index (χ3v) is 6.38. The highest BCUT2D eigenvalue weighted by atomic mass is 32.2. The van der Waals surface area contributed by atoms with Crippen LogP contribution in [0.15, 0.2) is 0 Å². The molecular formula is C14H23N3O3S2. The lowest BCUT2D eigenvalue weighted by atomic mass is 9.97. The van der Waals surface area contributed by atoms with Gasteiger partial charge in [-0.2, -0.15) is 0 Å². The molecule has 6 nitrogen and oxygen atoms in total. The van der Waals surface area contributed by atoms with Crippen molar-refractivity contribution in [1.82, 2.24) is 14.6 Å². The lowest BCUT2D eigenvalue weighted by Crippen LogP contribution is -2.42. The van der Waals surface area contributed by atoms with Crippen LogP contribution in [0.4, 0.5) is 0 Å². The Morgan fingerprint density at radius 1 is 1.36 bits per heavy atom. The van der Waals surface area contributed by atoms with Crippen LogP contribution in [0.25, 0.3) is 0 Å². The molecule has 0 spiro atoms. The summed E-state index contributed by atoms with van der Waals surface area (Å²) in [5.41, 5.74) is 1.04. The van der Waals surface area contributed by atoms with Crippen LogP contribution >= 0.6 is 11.3 Å². The number of sulfonamides is 1. The van der Waals surface area contributed by atoms with Gasteiger partial charge in [-0.1, -0.05) is 0 Å². The van der Waals surface area contributed by atoms with Crippen molar-refractivity contribution in [2.45, 2.75) is 33.1 Å². The number of thiazole rings is 1. The highest BCUT2D eigenvalue weighted by molar-refractivity contribution is 7.88. The molecule has 22 heavy (non-hydrogen) atoms. The molecule has 8 heteroatoms. The molecule has 2 heterocycles. The Balaban J connectivity index is 1.76. The second-order valence-electron chi connectivity index (χ2n) is 5.72. The fourth-order valence-electron chi connectivity index (χ4n) is 2.70. The van der Waals surface area contributed by atoms with Crippen molar-refractivity contribution in [2.24, 2.45) is 5.92 Å². The van der Waals surface area contributed by atoms with Gasteiger partial charge in [-0.15, -0.1) is 11.3 Å². The lowest BCUT2D eigenvalue weighted by Gasteiger charge is -2.29. The highest BCUT2D eigenvalue weighted by Gasteiger charge is 2.28. The Morgan fingerprint density at radius 2 is 2.00 bits per heavy atom. The number of nitrogens with zero attached hydrogens (tertiary/aromatic N) is 2. The van der Waals surface area contributed by atoms with Crippen LogP contribution in [0.5, 0.6) is 0 Å². The summed E-state index contributed by atoms with van der Waals surface area (Å²) in [6.45, 7) is 5.44. The molecule has 1 fully saturated rings.